The minimum Gasteiger partial charge on any atom is -0.494 e. The van der Waals surface area contributed by atoms with E-state index < -0.39 is 0 Å². The Morgan fingerprint density at radius 3 is 2.88 bits per heavy atom. The Bertz CT molecular complexity index is 746. The van der Waals surface area contributed by atoms with Crippen molar-refractivity contribution in [1.29, 1.82) is 0 Å². The largest absolute Gasteiger partial charge is 0.494 e. The molecule has 2 aromatic carbocycles. The number of rotatable bonds is 7. The third-order valence-corrected chi connectivity index (χ3v) is 3.73. The average molecular weight is 340 g/mol. The molecule has 2 aromatic rings. The Morgan fingerprint density at radius 1 is 1.20 bits per heavy atom. The normalized spacial score (nSPS) is 12.6. The highest BCUT2D eigenvalue weighted by Gasteiger charge is 2.15. The third-order valence-electron chi connectivity index (χ3n) is 3.73. The predicted octanol–water partition coefficient (Wildman–Crippen LogP) is 2.49. The molecule has 0 atom stereocenters. The van der Waals surface area contributed by atoms with E-state index in [2.05, 4.69) is 10.6 Å². The number of ether oxygens (including phenoxy) is 2. The molecular formula is C19H20N2O4. The number of para-hydroxylation sites is 1. The molecule has 1 aliphatic heterocycles. The standard InChI is InChI=1S/C19H20N2O4/c22-18(7-4-10-24-15-5-2-1-3-6-15)20-12-14-8-9-16-17(11-14)25-13-19(23)21-16/h1-3,5-6,8-9,11H,4,7,10,12-13H2,(H,20,22)(H,21,23). The van der Waals surface area contributed by atoms with Gasteiger partial charge in [-0.15, -0.1) is 0 Å². The van der Waals surface area contributed by atoms with Crippen molar-refractivity contribution in [3.8, 4) is 11.5 Å². The summed E-state index contributed by atoms with van der Waals surface area (Å²) in [5.74, 6) is 1.25. The Labute approximate surface area is 146 Å². The van der Waals surface area contributed by atoms with Crippen molar-refractivity contribution in [3.63, 3.8) is 0 Å². The van der Waals surface area contributed by atoms with E-state index in [1.54, 1.807) is 6.07 Å². The average Bonchev–Trinajstić information content (AvgIpc) is 2.64. The molecule has 1 aliphatic rings. The number of carbonyl (C=O) groups excluding carboxylic acids is 2. The fraction of sp³-hybridized carbons (Fsp3) is 0.263. The number of benzene rings is 2. The van der Waals surface area contributed by atoms with Crippen LogP contribution in [0.5, 0.6) is 11.5 Å². The topological polar surface area (TPSA) is 76.7 Å². The zero-order chi connectivity index (χ0) is 17.5. The van der Waals surface area contributed by atoms with E-state index in [0.717, 1.165) is 11.3 Å². The lowest BCUT2D eigenvalue weighted by Crippen LogP contribution is -2.26. The number of hydrogen-bond acceptors (Lipinski definition) is 4. The summed E-state index contributed by atoms with van der Waals surface area (Å²) in [5, 5.41) is 5.61. The van der Waals surface area contributed by atoms with Crippen LogP contribution < -0.4 is 20.1 Å². The molecule has 0 spiro atoms. The smallest absolute Gasteiger partial charge is 0.262 e. The van der Waals surface area contributed by atoms with E-state index in [1.807, 2.05) is 42.5 Å². The van der Waals surface area contributed by atoms with Crippen molar-refractivity contribution in [3.05, 3.63) is 54.1 Å². The van der Waals surface area contributed by atoms with Crippen LogP contribution in [0.25, 0.3) is 0 Å². The molecule has 130 valence electrons. The van der Waals surface area contributed by atoms with Crippen LogP contribution >= 0.6 is 0 Å². The zero-order valence-electron chi connectivity index (χ0n) is 13.8. The molecule has 0 unspecified atom stereocenters. The molecule has 2 N–H and O–H groups in total. The van der Waals surface area contributed by atoms with Gasteiger partial charge in [-0.2, -0.15) is 0 Å². The van der Waals surface area contributed by atoms with Gasteiger partial charge in [0.15, 0.2) is 6.61 Å². The lowest BCUT2D eigenvalue weighted by atomic mass is 10.1. The van der Waals surface area contributed by atoms with Crippen molar-refractivity contribution in [2.75, 3.05) is 18.5 Å². The maximum absolute atomic E-state index is 11.9. The van der Waals surface area contributed by atoms with Gasteiger partial charge in [0.25, 0.3) is 5.91 Å². The second-order valence-electron chi connectivity index (χ2n) is 5.71. The maximum atomic E-state index is 11.9. The molecule has 1 heterocycles. The van der Waals surface area contributed by atoms with Gasteiger partial charge in [0.1, 0.15) is 11.5 Å². The van der Waals surface area contributed by atoms with Gasteiger partial charge >= 0.3 is 0 Å². The van der Waals surface area contributed by atoms with E-state index in [0.29, 0.717) is 37.4 Å². The molecule has 6 nitrogen and oxygen atoms in total. The Morgan fingerprint density at radius 2 is 2.04 bits per heavy atom. The van der Waals surface area contributed by atoms with Crippen molar-refractivity contribution in [1.82, 2.24) is 5.32 Å². The Kier molecular flexibility index (Phi) is 5.51. The van der Waals surface area contributed by atoms with E-state index in [9.17, 15) is 9.59 Å². The van der Waals surface area contributed by atoms with Crippen LogP contribution in [0.15, 0.2) is 48.5 Å². The highest BCUT2D eigenvalue weighted by molar-refractivity contribution is 5.95. The van der Waals surface area contributed by atoms with Gasteiger partial charge in [-0.05, 0) is 36.2 Å². The van der Waals surface area contributed by atoms with Crippen LogP contribution in [0, 0.1) is 0 Å². The van der Waals surface area contributed by atoms with Crippen molar-refractivity contribution < 1.29 is 19.1 Å². The predicted molar refractivity (Wildman–Crippen MR) is 93.6 cm³/mol. The Balaban J connectivity index is 1.38. The molecule has 3 rings (SSSR count). The number of nitrogens with one attached hydrogen (secondary N) is 2. The maximum Gasteiger partial charge on any atom is 0.262 e. The molecule has 0 saturated carbocycles. The highest BCUT2D eigenvalue weighted by Crippen LogP contribution is 2.28. The molecule has 0 saturated heterocycles. The van der Waals surface area contributed by atoms with Gasteiger partial charge in [-0.1, -0.05) is 24.3 Å². The summed E-state index contributed by atoms with van der Waals surface area (Å²) in [5.41, 5.74) is 1.58. The number of carbonyl (C=O) groups is 2. The highest BCUT2D eigenvalue weighted by atomic mass is 16.5. The fourth-order valence-electron chi connectivity index (χ4n) is 2.46. The van der Waals surface area contributed by atoms with Gasteiger partial charge in [0.2, 0.25) is 5.91 Å². The first kappa shape index (κ1) is 16.8. The zero-order valence-corrected chi connectivity index (χ0v) is 13.8. The van der Waals surface area contributed by atoms with Gasteiger partial charge in [0.05, 0.1) is 12.3 Å². The van der Waals surface area contributed by atoms with Crippen LogP contribution in [0.3, 0.4) is 0 Å². The molecule has 0 aliphatic carbocycles. The SMILES string of the molecule is O=C(CCCOc1ccccc1)NCc1ccc2c(c1)OCC(=O)N2. The summed E-state index contributed by atoms with van der Waals surface area (Å²) >= 11 is 0. The second kappa shape index (κ2) is 8.19. The van der Waals surface area contributed by atoms with Crippen LogP contribution in [-0.4, -0.2) is 25.0 Å². The van der Waals surface area contributed by atoms with Gasteiger partial charge in [0, 0.05) is 13.0 Å². The van der Waals surface area contributed by atoms with Gasteiger partial charge < -0.3 is 20.1 Å². The quantitative estimate of drug-likeness (QED) is 0.759. The van der Waals surface area contributed by atoms with Crippen molar-refractivity contribution in [2.24, 2.45) is 0 Å². The van der Waals surface area contributed by atoms with Crippen LogP contribution in [-0.2, 0) is 16.1 Å². The monoisotopic (exact) mass is 340 g/mol. The number of anilines is 1. The summed E-state index contributed by atoms with van der Waals surface area (Å²) in [6.45, 7) is 0.941. The third kappa shape index (κ3) is 4.97. The Hall–Kier alpha value is -3.02. The summed E-state index contributed by atoms with van der Waals surface area (Å²) < 4.78 is 10.9. The van der Waals surface area contributed by atoms with Gasteiger partial charge in [-0.3, -0.25) is 9.59 Å². The van der Waals surface area contributed by atoms with Gasteiger partial charge in [-0.25, -0.2) is 0 Å². The molecule has 0 bridgehead atoms. The molecule has 0 fully saturated rings. The molecule has 25 heavy (non-hydrogen) atoms. The van der Waals surface area contributed by atoms with E-state index >= 15 is 0 Å². The summed E-state index contributed by atoms with van der Waals surface area (Å²) in [6.07, 6.45) is 1.06. The molecule has 6 heteroatoms. The number of fused-ring (bicyclic) bond motifs is 1. The lowest BCUT2D eigenvalue weighted by molar-refractivity contribution is -0.121. The van der Waals surface area contributed by atoms with Crippen LogP contribution in [0.2, 0.25) is 0 Å². The first-order chi connectivity index (χ1) is 12.2. The van der Waals surface area contributed by atoms with Crippen molar-refractivity contribution in [2.45, 2.75) is 19.4 Å². The van der Waals surface area contributed by atoms with E-state index in [-0.39, 0.29) is 18.4 Å². The minimum atomic E-state index is -0.161. The van der Waals surface area contributed by atoms with Crippen LogP contribution in [0.4, 0.5) is 5.69 Å². The van der Waals surface area contributed by atoms with Crippen LogP contribution in [0.1, 0.15) is 18.4 Å². The lowest BCUT2D eigenvalue weighted by Gasteiger charge is -2.18. The van der Waals surface area contributed by atoms with Crippen molar-refractivity contribution >= 4 is 17.5 Å². The minimum absolute atomic E-state index is 0.0181. The number of hydrogen-bond donors (Lipinski definition) is 2. The second-order valence-corrected chi connectivity index (χ2v) is 5.71. The first-order valence-corrected chi connectivity index (χ1v) is 8.21. The van der Waals surface area contributed by atoms with E-state index in [1.165, 1.54) is 0 Å². The number of amides is 2. The summed E-state index contributed by atoms with van der Waals surface area (Å²) in [4.78, 5) is 23.1. The molecule has 0 aromatic heterocycles. The molecule has 2 amide bonds. The fourth-order valence-corrected chi connectivity index (χ4v) is 2.46. The summed E-state index contributed by atoms with van der Waals surface area (Å²) in [7, 11) is 0. The summed E-state index contributed by atoms with van der Waals surface area (Å²) in [6, 6.07) is 15.0. The molecular weight excluding hydrogens is 320 g/mol. The molecule has 0 radical (unpaired) electrons. The van der Waals surface area contributed by atoms with E-state index in [4.69, 9.17) is 9.47 Å². The first-order valence-electron chi connectivity index (χ1n) is 8.21.